The molecule has 0 unspecified atom stereocenters. The van der Waals surface area contributed by atoms with E-state index in [9.17, 15) is 4.79 Å². The zero-order valence-corrected chi connectivity index (χ0v) is 13.3. The van der Waals surface area contributed by atoms with Crippen molar-refractivity contribution in [1.82, 2.24) is 19.7 Å². The van der Waals surface area contributed by atoms with E-state index in [2.05, 4.69) is 15.1 Å². The monoisotopic (exact) mass is 322 g/mol. The van der Waals surface area contributed by atoms with E-state index < -0.39 is 0 Å². The van der Waals surface area contributed by atoms with E-state index in [4.69, 9.17) is 4.52 Å². The number of rotatable bonds is 5. The van der Waals surface area contributed by atoms with Crippen molar-refractivity contribution >= 4 is 33.3 Å². The second kappa shape index (κ2) is 5.98. The molecule has 3 heterocycles. The number of fused-ring (bicyclic) bond motifs is 1. The van der Waals surface area contributed by atoms with Gasteiger partial charge < -0.3 is 4.52 Å². The predicted molar refractivity (Wildman–Crippen MR) is 82.8 cm³/mol. The first-order chi connectivity index (χ1) is 10.2. The highest BCUT2D eigenvalue weighted by Gasteiger charge is 2.13. The summed E-state index contributed by atoms with van der Waals surface area (Å²) in [6.07, 6.45) is 0.743. The zero-order chi connectivity index (χ0) is 14.8. The fourth-order valence-electron chi connectivity index (χ4n) is 1.93. The Kier molecular flexibility index (Phi) is 4.07. The molecule has 0 radical (unpaired) electrons. The van der Waals surface area contributed by atoms with E-state index in [1.807, 2.05) is 25.3 Å². The number of aromatic nitrogens is 4. The van der Waals surface area contributed by atoms with Gasteiger partial charge in [-0.05, 0) is 18.4 Å². The highest BCUT2D eigenvalue weighted by atomic mass is 32.2. The van der Waals surface area contributed by atoms with E-state index in [1.165, 1.54) is 23.1 Å². The maximum Gasteiger partial charge on any atom is 0.272 e. The minimum absolute atomic E-state index is 0.0137. The standard InChI is InChI=1S/C13H14N4O2S2/c1-3-9-15-10(19-16-9)7-21-13-14-8-5-6-20-11(8)12(18)17(13)4-2/h5-6H,3-4,7H2,1-2H3. The van der Waals surface area contributed by atoms with Crippen LogP contribution in [0.1, 0.15) is 25.6 Å². The molecule has 21 heavy (non-hydrogen) atoms. The molecular formula is C13H14N4O2S2. The molecular weight excluding hydrogens is 308 g/mol. The quantitative estimate of drug-likeness (QED) is 0.531. The summed E-state index contributed by atoms with van der Waals surface area (Å²) in [4.78, 5) is 21.2. The lowest BCUT2D eigenvalue weighted by Crippen LogP contribution is -2.21. The molecule has 0 spiro atoms. The van der Waals surface area contributed by atoms with Gasteiger partial charge in [-0.15, -0.1) is 11.3 Å². The molecule has 0 saturated heterocycles. The Hall–Kier alpha value is -1.67. The topological polar surface area (TPSA) is 73.8 Å². The third-order valence-electron chi connectivity index (χ3n) is 3.00. The molecule has 6 nitrogen and oxygen atoms in total. The Bertz CT molecular complexity index is 821. The summed E-state index contributed by atoms with van der Waals surface area (Å²) >= 11 is 2.87. The number of aryl methyl sites for hydroxylation is 1. The second-order valence-corrected chi connectivity index (χ2v) is 6.18. The Labute approximate surface area is 129 Å². The Morgan fingerprint density at radius 3 is 2.95 bits per heavy atom. The van der Waals surface area contributed by atoms with E-state index in [-0.39, 0.29) is 5.56 Å². The minimum atomic E-state index is 0.0137. The van der Waals surface area contributed by atoms with Crippen molar-refractivity contribution in [2.75, 3.05) is 0 Å². The van der Waals surface area contributed by atoms with Gasteiger partial charge in [0, 0.05) is 13.0 Å². The number of thioether (sulfide) groups is 1. The lowest BCUT2D eigenvalue weighted by Gasteiger charge is -2.08. The van der Waals surface area contributed by atoms with Crippen LogP contribution < -0.4 is 5.56 Å². The van der Waals surface area contributed by atoms with Crippen LogP contribution in [0.3, 0.4) is 0 Å². The highest BCUT2D eigenvalue weighted by Crippen LogP contribution is 2.23. The number of hydrogen-bond donors (Lipinski definition) is 0. The lowest BCUT2D eigenvalue weighted by molar-refractivity contribution is 0.385. The molecule has 0 fully saturated rings. The normalized spacial score (nSPS) is 11.3. The van der Waals surface area contributed by atoms with Crippen LogP contribution in [0.2, 0.25) is 0 Å². The number of thiophene rings is 1. The summed E-state index contributed by atoms with van der Waals surface area (Å²) in [6.45, 7) is 4.50. The zero-order valence-electron chi connectivity index (χ0n) is 11.7. The van der Waals surface area contributed by atoms with Crippen molar-refractivity contribution in [1.29, 1.82) is 0 Å². The predicted octanol–water partition coefficient (Wildman–Crippen LogP) is 2.72. The average molecular weight is 322 g/mol. The van der Waals surface area contributed by atoms with Gasteiger partial charge >= 0.3 is 0 Å². The van der Waals surface area contributed by atoms with Gasteiger partial charge in [-0.2, -0.15) is 4.98 Å². The SMILES string of the molecule is CCc1noc(CSc2nc3ccsc3c(=O)n2CC)n1. The van der Waals surface area contributed by atoms with Crippen molar-refractivity contribution in [2.24, 2.45) is 0 Å². The highest BCUT2D eigenvalue weighted by molar-refractivity contribution is 7.98. The van der Waals surface area contributed by atoms with Gasteiger partial charge in [0.2, 0.25) is 5.89 Å². The summed E-state index contributed by atoms with van der Waals surface area (Å²) < 4.78 is 7.54. The summed E-state index contributed by atoms with van der Waals surface area (Å²) in [5, 5.41) is 6.43. The first-order valence-electron chi connectivity index (χ1n) is 6.65. The fourth-order valence-corrected chi connectivity index (χ4v) is 3.61. The second-order valence-electron chi connectivity index (χ2n) is 4.33. The molecule has 0 amide bonds. The number of hydrogen-bond acceptors (Lipinski definition) is 7. The Balaban J connectivity index is 1.90. The lowest BCUT2D eigenvalue weighted by atomic mass is 10.5. The largest absolute Gasteiger partial charge is 0.338 e. The smallest absolute Gasteiger partial charge is 0.272 e. The van der Waals surface area contributed by atoms with Gasteiger partial charge in [0.25, 0.3) is 5.56 Å². The third kappa shape index (κ3) is 2.73. The van der Waals surface area contributed by atoms with Crippen LogP contribution in [0.5, 0.6) is 0 Å². The van der Waals surface area contributed by atoms with Crippen molar-refractivity contribution in [3.05, 3.63) is 33.5 Å². The van der Waals surface area contributed by atoms with E-state index in [1.54, 1.807) is 4.57 Å². The van der Waals surface area contributed by atoms with Gasteiger partial charge in [-0.3, -0.25) is 9.36 Å². The first kappa shape index (κ1) is 14.3. The molecule has 110 valence electrons. The average Bonchev–Trinajstić information content (AvgIpc) is 3.14. The summed E-state index contributed by atoms with van der Waals surface area (Å²) in [7, 11) is 0. The summed E-state index contributed by atoms with van der Waals surface area (Å²) in [5.74, 6) is 1.76. The van der Waals surface area contributed by atoms with Gasteiger partial charge in [0.1, 0.15) is 4.70 Å². The first-order valence-corrected chi connectivity index (χ1v) is 8.51. The van der Waals surface area contributed by atoms with E-state index in [0.29, 0.717) is 33.9 Å². The molecule has 0 atom stereocenters. The Morgan fingerprint density at radius 1 is 1.38 bits per heavy atom. The van der Waals surface area contributed by atoms with Crippen LogP contribution in [0.15, 0.2) is 25.9 Å². The molecule has 0 aliphatic rings. The van der Waals surface area contributed by atoms with Crippen molar-refractivity contribution < 1.29 is 4.52 Å². The maximum absolute atomic E-state index is 12.4. The molecule has 0 bridgehead atoms. The van der Waals surface area contributed by atoms with Crippen LogP contribution in [0, 0.1) is 0 Å². The maximum atomic E-state index is 12.4. The molecule has 0 N–H and O–H groups in total. The minimum Gasteiger partial charge on any atom is -0.338 e. The van der Waals surface area contributed by atoms with Crippen molar-refractivity contribution in [3.63, 3.8) is 0 Å². The third-order valence-corrected chi connectivity index (χ3v) is 4.85. The molecule has 8 heteroatoms. The van der Waals surface area contributed by atoms with Crippen LogP contribution in [0.25, 0.3) is 10.2 Å². The fraction of sp³-hybridized carbons (Fsp3) is 0.385. The molecule has 3 aromatic rings. The summed E-state index contributed by atoms with van der Waals surface area (Å²) in [5.41, 5.74) is 0.761. The van der Waals surface area contributed by atoms with Gasteiger partial charge in [0.15, 0.2) is 11.0 Å². The van der Waals surface area contributed by atoms with E-state index >= 15 is 0 Å². The molecule has 0 saturated carbocycles. The Morgan fingerprint density at radius 2 is 2.24 bits per heavy atom. The number of nitrogens with zero attached hydrogens (tertiary/aromatic N) is 4. The molecule has 3 rings (SSSR count). The van der Waals surface area contributed by atoms with Crippen LogP contribution in [-0.2, 0) is 18.7 Å². The van der Waals surface area contributed by atoms with Crippen LogP contribution >= 0.6 is 23.1 Å². The summed E-state index contributed by atoms with van der Waals surface area (Å²) in [6, 6.07) is 1.87. The van der Waals surface area contributed by atoms with Gasteiger partial charge in [-0.25, -0.2) is 4.98 Å². The molecule has 3 aromatic heterocycles. The molecule has 0 aliphatic carbocycles. The van der Waals surface area contributed by atoms with Crippen LogP contribution in [0.4, 0.5) is 0 Å². The van der Waals surface area contributed by atoms with E-state index in [0.717, 1.165) is 11.9 Å². The van der Waals surface area contributed by atoms with Gasteiger partial charge in [0.05, 0.1) is 11.3 Å². The van der Waals surface area contributed by atoms with Crippen molar-refractivity contribution in [3.8, 4) is 0 Å². The molecule has 0 aliphatic heterocycles. The van der Waals surface area contributed by atoms with Gasteiger partial charge in [-0.1, -0.05) is 23.8 Å². The van der Waals surface area contributed by atoms with Crippen molar-refractivity contribution in [2.45, 2.75) is 37.7 Å². The van der Waals surface area contributed by atoms with Crippen LogP contribution in [-0.4, -0.2) is 19.7 Å². The molecule has 0 aromatic carbocycles.